The van der Waals surface area contributed by atoms with Gasteiger partial charge in [-0.15, -0.1) is 0 Å². The summed E-state index contributed by atoms with van der Waals surface area (Å²) < 4.78 is 7.44. The SMILES string of the molecule is Cc1ccc(Cl)cc1N1C(=O)c2cc3occc3n2C[C@]1(C)C(=O)NC1CCCCC1. The zero-order valence-electron chi connectivity index (χ0n) is 17.8. The van der Waals surface area contributed by atoms with E-state index >= 15 is 0 Å². The molecule has 2 amide bonds. The van der Waals surface area contributed by atoms with Gasteiger partial charge in [0.1, 0.15) is 11.2 Å². The Kier molecular flexibility index (Phi) is 4.85. The first kappa shape index (κ1) is 20.2. The van der Waals surface area contributed by atoms with Gasteiger partial charge in [-0.1, -0.05) is 36.9 Å². The number of halogens is 1. The number of aryl methyl sites for hydroxylation is 1. The maximum absolute atomic E-state index is 13.8. The van der Waals surface area contributed by atoms with Crippen LogP contribution in [0.2, 0.25) is 5.02 Å². The topological polar surface area (TPSA) is 67.5 Å². The van der Waals surface area contributed by atoms with Crippen molar-refractivity contribution in [3.8, 4) is 0 Å². The molecule has 0 radical (unpaired) electrons. The zero-order valence-corrected chi connectivity index (χ0v) is 18.5. The molecule has 0 saturated heterocycles. The first-order valence-corrected chi connectivity index (χ1v) is 11.2. The second-order valence-electron chi connectivity index (χ2n) is 8.94. The number of rotatable bonds is 3. The first-order valence-electron chi connectivity index (χ1n) is 10.9. The van der Waals surface area contributed by atoms with Gasteiger partial charge in [0.15, 0.2) is 5.58 Å². The summed E-state index contributed by atoms with van der Waals surface area (Å²) in [5, 5.41) is 3.77. The third-order valence-electron chi connectivity index (χ3n) is 6.75. The van der Waals surface area contributed by atoms with E-state index in [9.17, 15) is 9.59 Å². The highest BCUT2D eigenvalue weighted by molar-refractivity contribution is 6.31. The number of hydrogen-bond donors (Lipinski definition) is 1. The van der Waals surface area contributed by atoms with Gasteiger partial charge in [0.2, 0.25) is 5.91 Å². The molecule has 162 valence electrons. The lowest BCUT2D eigenvalue weighted by molar-refractivity contribution is -0.127. The molecule has 7 heteroatoms. The van der Waals surface area contributed by atoms with Crippen molar-refractivity contribution in [2.45, 2.75) is 64.1 Å². The van der Waals surface area contributed by atoms with Crippen molar-refractivity contribution in [3.63, 3.8) is 0 Å². The van der Waals surface area contributed by atoms with Gasteiger partial charge in [0.25, 0.3) is 5.91 Å². The van der Waals surface area contributed by atoms with Crippen LogP contribution in [0.1, 0.15) is 55.1 Å². The van der Waals surface area contributed by atoms with Crippen molar-refractivity contribution in [3.05, 3.63) is 52.9 Å². The van der Waals surface area contributed by atoms with Gasteiger partial charge < -0.3 is 14.3 Å². The van der Waals surface area contributed by atoms with E-state index in [2.05, 4.69) is 5.32 Å². The minimum Gasteiger partial charge on any atom is -0.463 e. The van der Waals surface area contributed by atoms with Gasteiger partial charge in [-0.2, -0.15) is 0 Å². The lowest BCUT2D eigenvalue weighted by Gasteiger charge is -2.45. The number of carbonyl (C=O) groups is 2. The number of carbonyl (C=O) groups excluding carboxylic acids is 2. The molecule has 1 saturated carbocycles. The molecule has 0 unspecified atom stereocenters. The summed E-state index contributed by atoms with van der Waals surface area (Å²) in [5.41, 5.74) is 2.41. The number of fused-ring (bicyclic) bond motifs is 3. The summed E-state index contributed by atoms with van der Waals surface area (Å²) in [5.74, 6) is -0.368. The van der Waals surface area contributed by atoms with Crippen LogP contribution in [0, 0.1) is 6.92 Å². The highest BCUT2D eigenvalue weighted by Gasteiger charge is 2.49. The van der Waals surface area contributed by atoms with Crippen molar-refractivity contribution < 1.29 is 14.0 Å². The Morgan fingerprint density at radius 2 is 1.97 bits per heavy atom. The summed E-state index contributed by atoms with van der Waals surface area (Å²) in [6.45, 7) is 4.11. The van der Waals surface area contributed by atoms with Crippen LogP contribution in [-0.2, 0) is 11.3 Å². The summed E-state index contributed by atoms with van der Waals surface area (Å²) in [6, 6.07) is 9.18. The minimum atomic E-state index is -1.11. The fourth-order valence-electron chi connectivity index (χ4n) is 5.00. The average Bonchev–Trinajstić information content (AvgIpc) is 3.34. The summed E-state index contributed by atoms with van der Waals surface area (Å²) in [6.07, 6.45) is 7.01. The molecule has 0 bridgehead atoms. The predicted molar refractivity (Wildman–Crippen MR) is 121 cm³/mol. The maximum atomic E-state index is 13.8. The molecule has 3 heterocycles. The maximum Gasteiger partial charge on any atom is 0.276 e. The lowest BCUT2D eigenvalue weighted by atomic mass is 9.90. The van der Waals surface area contributed by atoms with Crippen LogP contribution in [-0.4, -0.2) is 28.0 Å². The van der Waals surface area contributed by atoms with Crippen LogP contribution in [0.3, 0.4) is 0 Å². The van der Waals surface area contributed by atoms with E-state index in [4.69, 9.17) is 16.0 Å². The molecule has 1 aliphatic heterocycles. The Bertz CT molecular complexity index is 1170. The fraction of sp³-hybridized carbons (Fsp3) is 0.417. The van der Waals surface area contributed by atoms with E-state index < -0.39 is 5.54 Å². The largest absolute Gasteiger partial charge is 0.463 e. The van der Waals surface area contributed by atoms with Crippen LogP contribution >= 0.6 is 11.6 Å². The summed E-state index contributed by atoms with van der Waals surface area (Å²) in [7, 11) is 0. The van der Waals surface area contributed by atoms with Crippen molar-refractivity contribution in [1.82, 2.24) is 9.88 Å². The van der Waals surface area contributed by atoms with E-state index in [1.165, 1.54) is 6.42 Å². The van der Waals surface area contributed by atoms with Gasteiger partial charge in [0.05, 0.1) is 18.3 Å². The second kappa shape index (κ2) is 7.45. The molecule has 1 atom stereocenters. The Morgan fingerprint density at radius 3 is 2.74 bits per heavy atom. The molecular formula is C24H26ClN3O3. The quantitative estimate of drug-likeness (QED) is 0.619. The van der Waals surface area contributed by atoms with Gasteiger partial charge in [-0.25, -0.2) is 0 Å². The molecule has 1 N–H and O–H groups in total. The van der Waals surface area contributed by atoms with E-state index in [-0.39, 0.29) is 17.9 Å². The summed E-state index contributed by atoms with van der Waals surface area (Å²) in [4.78, 5) is 29.2. The Hall–Kier alpha value is -2.73. The Labute approximate surface area is 186 Å². The Balaban J connectivity index is 1.63. The summed E-state index contributed by atoms with van der Waals surface area (Å²) >= 11 is 6.30. The number of hydrogen-bond acceptors (Lipinski definition) is 3. The molecule has 5 rings (SSSR count). The highest BCUT2D eigenvalue weighted by Crippen LogP contribution is 2.38. The normalized spacial score (nSPS) is 22.0. The monoisotopic (exact) mass is 439 g/mol. The van der Waals surface area contributed by atoms with Crippen molar-refractivity contribution >= 4 is 40.2 Å². The molecule has 0 spiro atoms. The third-order valence-corrected chi connectivity index (χ3v) is 6.98. The third kappa shape index (κ3) is 3.24. The van der Waals surface area contributed by atoms with Gasteiger partial charge in [0, 0.05) is 28.9 Å². The van der Waals surface area contributed by atoms with Crippen molar-refractivity contribution in [2.24, 2.45) is 0 Å². The molecule has 1 fully saturated rings. The van der Waals surface area contributed by atoms with Crippen LogP contribution in [0.5, 0.6) is 0 Å². The molecule has 1 aliphatic carbocycles. The van der Waals surface area contributed by atoms with Crippen LogP contribution < -0.4 is 10.2 Å². The Morgan fingerprint density at radius 1 is 1.19 bits per heavy atom. The number of aromatic nitrogens is 1. The van der Waals surface area contributed by atoms with Crippen molar-refractivity contribution in [1.29, 1.82) is 0 Å². The van der Waals surface area contributed by atoms with E-state index in [1.54, 1.807) is 29.4 Å². The molecule has 6 nitrogen and oxygen atoms in total. The van der Waals surface area contributed by atoms with E-state index in [0.29, 0.717) is 28.5 Å². The van der Waals surface area contributed by atoms with Gasteiger partial charge in [-0.3, -0.25) is 14.5 Å². The number of nitrogens with zero attached hydrogens (tertiary/aromatic N) is 2. The molecule has 2 aliphatic rings. The first-order chi connectivity index (χ1) is 14.9. The molecule has 31 heavy (non-hydrogen) atoms. The number of amides is 2. The predicted octanol–water partition coefficient (Wildman–Crippen LogP) is 5.06. The number of benzene rings is 1. The van der Waals surface area contributed by atoms with Gasteiger partial charge in [-0.05, 0) is 44.4 Å². The van der Waals surface area contributed by atoms with E-state index in [1.807, 2.05) is 30.5 Å². The smallest absolute Gasteiger partial charge is 0.276 e. The average molecular weight is 440 g/mol. The standard InChI is InChI=1S/C24H26ClN3O3/c1-15-8-9-16(25)12-19(15)28-22(29)20-13-21-18(10-11-31-21)27(20)14-24(28,2)23(30)26-17-6-4-3-5-7-17/h8-13,17H,3-7,14H2,1-2H3,(H,26,30)/t24-/m1/s1. The van der Waals surface area contributed by atoms with Gasteiger partial charge >= 0.3 is 0 Å². The lowest BCUT2D eigenvalue weighted by Crippen LogP contribution is -2.65. The number of nitrogens with one attached hydrogen (secondary N) is 1. The van der Waals surface area contributed by atoms with E-state index in [0.717, 1.165) is 36.8 Å². The number of anilines is 1. The zero-order chi connectivity index (χ0) is 21.8. The molecular weight excluding hydrogens is 414 g/mol. The fourth-order valence-corrected chi connectivity index (χ4v) is 5.17. The van der Waals surface area contributed by atoms with Crippen LogP contribution in [0.15, 0.2) is 41.0 Å². The highest BCUT2D eigenvalue weighted by atomic mass is 35.5. The van der Waals surface area contributed by atoms with Crippen molar-refractivity contribution in [2.75, 3.05) is 4.90 Å². The minimum absolute atomic E-state index is 0.136. The number of furan rings is 1. The second-order valence-corrected chi connectivity index (χ2v) is 9.38. The van der Waals surface area contributed by atoms with Crippen LogP contribution in [0.4, 0.5) is 5.69 Å². The molecule has 3 aromatic rings. The van der Waals surface area contributed by atoms with Crippen LogP contribution in [0.25, 0.3) is 11.1 Å². The molecule has 1 aromatic carbocycles. The molecule has 2 aromatic heterocycles.